The minimum absolute atomic E-state index is 0.0215. The number of amides is 2. The number of nitrogens with zero attached hydrogens (tertiary/aromatic N) is 4. The molecule has 2 aromatic rings. The first-order chi connectivity index (χ1) is 32.3. The summed E-state index contributed by atoms with van der Waals surface area (Å²) in [6.45, 7) is 2.32. The first-order valence-electron chi connectivity index (χ1n) is 22.1. The molecule has 0 radical (unpaired) electrons. The van der Waals surface area contributed by atoms with Gasteiger partial charge in [0.05, 0.1) is 26.0 Å². The number of phosphoric acid groups is 3. The second kappa shape index (κ2) is 26.4. The lowest BCUT2D eigenvalue weighted by molar-refractivity contribution is -0.137. The van der Waals surface area contributed by atoms with E-state index in [9.17, 15) is 67.5 Å². The number of nitrogens with one attached hydrogen (secondary N) is 2. The molecule has 9 atom stereocenters. The molecule has 0 bridgehead atoms. The van der Waals surface area contributed by atoms with Crippen molar-refractivity contribution in [3.8, 4) is 0 Å². The van der Waals surface area contributed by atoms with Crippen LogP contribution in [0.5, 0.6) is 0 Å². The van der Waals surface area contributed by atoms with Crippen molar-refractivity contribution in [3.05, 3.63) is 24.8 Å². The number of phosphoric ester groups is 3. The third kappa shape index (κ3) is 18.6. The van der Waals surface area contributed by atoms with E-state index < -0.39 is 84.6 Å². The number of hydrogen-bond acceptors (Lipinski definition) is 20. The molecular weight excluding hydrogens is 995 g/mol. The second-order valence-electron chi connectivity index (χ2n) is 17.1. The highest BCUT2D eigenvalue weighted by molar-refractivity contribution is 8.13. The molecule has 388 valence electrons. The number of rotatable bonds is 30. The number of thioether (sulfide) groups is 1. The van der Waals surface area contributed by atoms with E-state index in [0.29, 0.717) is 31.0 Å². The van der Waals surface area contributed by atoms with Crippen molar-refractivity contribution in [1.82, 2.24) is 30.2 Å². The lowest BCUT2D eigenvalue weighted by Gasteiger charge is -2.30. The number of allylic oxidation sites excluding steroid dienone is 2. The minimum Gasteiger partial charge on any atom is -0.386 e. The molecule has 1 saturated heterocycles. The van der Waals surface area contributed by atoms with E-state index in [1.165, 1.54) is 13.8 Å². The van der Waals surface area contributed by atoms with Crippen LogP contribution in [0.4, 0.5) is 5.82 Å². The fourth-order valence-corrected chi connectivity index (χ4v) is 11.1. The number of hydrogen-bond donors (Lipinski definition) is 9. The van der Waals surface area contributed by atoms with Crippen LogP contribution in [0.15, 0.2) is 24.8 Å². The zero-order chi connectivity index (χ0) is 51.2. The van der Waals surface area contributed by atoms with Crippen molar-refractivity contribution in [2.75, 3.05) is 37.8 Å². The Morgan fingerprint density at radius 2 is 1.74 bits per heavy atom. The fourth-order valence-electron chi connectivity index (χ4n) is 7.56. The number of imidazole rings is 1. The Bertz CT molecular complexity index is 2280. The molecule has 10 N–H and O–H groups in total. The van der Waals surface area contributed by atoms with Gasteiger partial charge in [-0.25, -0.2) is 28.6 Å². The predicted octanol–water partition coefficient (Wildman–Crippen LogP) is 2.53. The molecule has 2 aromatic heterocycles. The first-order valence-corrected chi connectivity index (χ1v) is 27.6. The van der Waals surface area contributed by atoms with Crippen LogP contribution in [0.3, 0.4) is 0 Å². The maximum Gasteiger partial charge on any atom is 0.481 e. The number of anilines is 1. The van der Waals surface area contributed by atoms with Gasteiger partial charge in [0.25, 0.3) is 0 Å². The smallest absolute Gasteiger partial charge is 0.386 e. The lowest BCUT2D eigenvalue weighted by atomic mass is 9.87. The van der Waals surface area contributed by atoms with Crippen LogP contribution < -0.4 is 16.4 Å². The molecule has 69 heavy (non-hydrogen) atoms. The first kappa shape index (κ1) is 58.2. The number of ketones is 2. The largest absolute Gasteiger partial charge is 0.481 e. The number of Topliss-reactive ketones (excluding diaryl/α,β-unsaturated/α-hetero) is 2. The van der Waals surface area contributed by atoms with E-state index in [0.717, 1.165) is 67.5 Å². The summed E-state index contributed by atoms with van der Waals surface area (Å²) in [5.74, 6) is -0.706. The zero-order valence-corrected chi connectivity index (χ0v) is 41.8. The van der Waals surface area contributed by atoms with E-state index in [1.807, 2.05) is 0 Å². The van der Waals surface area contributed by atoms with Crippen molar-refractivity contribution < 1.29 is 90.1 Å². The minimum atomic E-state index is -5.60. The molecule has 2 fully saturated rings. The van der Waals surface area contributed by atoms with E-state index in [2.05, 4.69) is 53.5 Å². The van der Waals surface area contributed by atoms with Crippen LogP contribution in [0.1, 0.15) is 97.6 Å². The van der Waals surface area contributed by atoms with E-state index >= 15 is 0 Å². The number of carbonyl (C=O) groups is 5. The standard InChI is InChI=1S/C39H62N7O19P3S/c1-4-5-7-12-26-24(13-14-27(26)48)10-8-6-9-11-25(47)19-30(50)69-18-17-41-29(49)15-16-42-37(53)34(52)39(2,3)21-62-68(59,60)65-67(57,58)61-20-28-33(64-66(54,55)56)32(51)38(63-28)46-23-45-31-35(40)43-22-44-36(31)46/h5,7,22-24,26,28,32-34,38,51-52H,4,6,8-21H2,1-3H3,(H,41,49)(H,42,53)(H,57,58)(H,59,60)(H2,40,43,44)(H2,54,55,56)/b7-5-/t24-,26-,28+,32+,33+,34?,38+/m0/s1. The highest BCUT2D eigenvalue weighted by atomic mass is 32.2. The number of fused-ring (bicyclic) bond motifs is 1. The van der Waals surface area contributed by atoms with Crippen LogP contribution in [-0.2, 0) is 60.3 Å². The number of carbonyl (C=O) groups excluding carboxylic acids is 5. The lowest BCUT2D eigenvalue weighted by Crippen LogP contribution is -2.46. The monoisotopic (exact) mass is 1060 g/mol. The van der Waals surface area contributed by atoms with Crippen molar-refractivity contribution in [3.63, 3.8) is 0 Å². The average molecular weight is 1060 g/mol. The normalized spacial score (nSPS) is 23.2. The Morgan fingerprint density at radius 1 is 1.01 bits per heavy atom. The van der Waals surface area contributed by atoms with Crippen LogP contribution in [0.2, 0.25) is 0 Å². The summed E-state index contributed by atoms with van der Waals surface area (Å²) in [5.41, 5.74) is 4.22. The van der Waals surface area contributed by atoms with Gasteiger partial charge in [-0.2, -0.15) is 4.31 Å². The maximum absolute atomic E-state index is 12.7. The number of aliphatic hydroxyl groups excluding tert-OH is 2. The molecule has 0 spiro atoms. The van der Waals surface area contributed by atoms with E-state index in [4.69, 9.17) is 19.5 Å². The highest BCUT2D eigenvalue weighted by Gasteiger charge is 2.50. The van der Waals surface area contributed by atoms with Gasteiger partial charge in [-0.15, -0.1) is 0 Å². The molecule has 3 unspecified atom stereocenters. The molecule has 3 heterocycles. The molecular formula is C39H62N7O19P3S. The summed E-state index contributed by atoms with van der Waals surface area (Å²) in [6, 6.07) is 0. The van der Waals surface area contributed by atoms with Gasteiger partial charge in [0.1, 0.15) is 47.8 Å². The summed E-state index contributed by atoms with van der Waals surface area (Å²) < 4.78 is 62.4. The third-order valence-electron chi connectivity index (χ3n) is 11.2. The molecule has 1 aliphatic heterocycles. The topological polar surface area (TPSA) is 398 Å². The highest BCUT2D eigenvalue weighted by Crippen LogP contribution is 2.61. The van der Waals surface area contributed by atoms with Gasteiger partial charge in [0, 0.05) is 49.4 Å². The van der Waals surface area contributed by atoms with Gasteiger partial charge in [0.2, 0.25) is 11.8 Å². The Hall–Kier alpha value is -3.36. The van der Waals surface area contributed by atoms with Crippen LogP contribution >= 0.6 is 35.2 Å². The Labute approximate surface area is 401 Å². The quantitative estimate of drug-likeness (QED) is 0.0235. The van der Waals surface area contributed by atoms with Gasteiger partial charge < -0.3 is 50.9 Å². The predicted molar refractivity (Wildman–Crippen MR) is 245 cm³/mol. The van der Waals surface area contributed by atoms with Crippen molar-refractivity contribution in [2.24, 2.45) is 17.3 Å². The average Bonchev–Trinajstić information content (AvgIpc) is 3.94. The second-order valence-corrected chi connectivity index (χ2v) is 22.5. The summed E-state index contributed by atoms with van der Waals surface area (Å²) in [5, 5.41) is 26.2. The Kier molecular flexibility index (Phi) is 22.2. The Morgan fingerprint density at radius 3 is 2.45 bits per heavy atom. The summed E-state index contributed by atoms with van der Waals surface area (Å²) in [6.07, 6.45) is 3.82. The van der Waals surface area contributed by atoms with Gasteiger partial charge >= 0.3 is 23.5 Å². The molecule has 30 heteroatoms. The van der Waals surface area contributed by atoms with Crippen LogP contribution in [-0.4, -0.2) is 134 Å². The summed E-state index contributed by atoms with van der Waals surface area (Å²) in [7, 11) is -16.5. The molecule has 0 aromatic carbocycles. The third-order valence-corrected chi connectivity index (χ3v) is 15.1. The zero-order valence-electron chi connectivity index (χ0n) is 38.3. The van der Waals surface area contributed by atoms with Crippen molar-refractivity contribution in [2.45, 2.75) is 122 Å². The van der Waals surface area contributed by atoms with Gasteiger partial charge in [-0.1, -0.05) is 57.5 Å². The number of nitrogen functional groups attached to an aromatic ring is 1. The van der Waals surface area contributed by atoms with Crippen LogP contribution in [0.25, 0.3) is 11.2 Å². The van der Waals surface area contributed by atoms with Gasteiger partial charge in [-0.05, 0) is 38.0 Å². The molecule has 4 rings (SSSR count). The molecule has 2 aliphatic rings. The summed E-state index contributed by atoms with van der Waals surface area (Å²) in [4.78, 5) is 113. The molecule has 2 amide bonds. The summed E-state index contributed by atoms with van der Waals surface area (Å²) >= 11 is 0.909. The van der Waals surface area contributed by atoms with Gasteiger partial charge in [-0.3, -0.25) is 42.1 Å². The van der Waals surface area contributed by atoms with Gasteiger partial charge in [0.15, 0.2) is 22.8 Å². The Balaban J connectivity index is 1.10. The van der Waals surface area contributed by atoms with Crippen molar-refractivity contribution in [1.29, 1.82) is 0 Å². The van der Waals surface area contributed by atoms with Crippen LogP contribution in [0, 0.1) is 17.3 Å². The molecule has 26 nitrogen and oxygen atoms in total. The number of aliphatic hydroxyl groups is 2. The maximum atomic E-state index is 12.7. The van der Waals surface area contributed by atoms with Crippen molar-refractivity contribution >= 4 is 80.7 Å². The molecule has 1 saturated carbocycles. The van der Waals surface area contributed by atoms with E-state index in [-0.39, 0.29) is 65.5 Å². The number of nitrogens with two attached hydrogens (primary N) is 1. The number of aromatic nitrogens is 4. The number of ether oxygens (including phenoxy) is 1. The molecule has 1 aliphatic carbocycles. The SMILES string of the molecule is CC/C=C\C[C@@H]1C(=O)CC[C@@H]1CCCCCC(=O)CC(=O)SCCNC(=O)CCNC(=O)C(O)C(C)(C)COP(=O)(O)OP(=O)(O)OC[C@H]1O[C@@H](n2cnc3c(N)ncnc32)[C@H](O)[C@@H]1OP(=O)(O)O. The van der Waals surface area contributed by atoms with E-state index in [1.54, 1.807) is 0 Å². The fraction of sp³-hybridized carbons (Fsp3) is 0.692. The number of unbranched alkanes of at least 4 members (excludes halogenated alkanes) is 2.